The Labute approximate surface area is 110 Å². The molecule has 2 unspecified atom stereocenters. The molecule has 2 rings (SSSR count). The lowest BCUT2D eigenvalue weighted by Crippen LogP contribution is -2.47. The minimum Gasteiger partial charge on any atom is -0.365 e. The van der Waals surface area contributed by atoms with Crippen LogP contribution in [0.3, 0.4) is 0 Å². The lowest BCUT2D eigenvalue weighted by Gasteiger charge is -2.23. The van der Waals surface area contributed by atoms with Crippen LogP contribution in [-0.2, 0) is 9.53 Å². The zero-order chi connectivity index (χ0) is 13.0. The maximum absolute atomic E-state index is 12.2. The molecule has 1 amide bonds. The van der Waals surface area contributed by atoms with Crippen LogP contribution in [0.5, 0.6) is 0 Å². The van der Waals surface area contributed by atoms with Gasteiger partial charge < -0.3 is 15.8 Å². The summed E-state index contributed by atoms with van der Waals surface area (Å²) in [4.78, 5) is 12.2. The van der Waals surface area contributed by atoms with Crippen molar-refractivity contribution in [3.05, 3.63) is 0 Å². The number of ether oxygens (including phenoxy) is 1. The van der Waals surface area contributed by atoms with Crippen LogP contribution >= 0.6 is 0 Å². The SMILES string of the molecule is CCC(OC1CCCC1)C(=O)NC(CN)C1CC1. The summed E-state index contributed by atoms with van der Waals surface area (Å²) in [5, 5.41) is 3.06. The molecule has 0 aromatic heterocycles. The van der Waals surface area contributed by atoms with Crippen molar-refractivity contribution in [2.24, 2.45) is 11.7 Å². The number of rotatable bonds is 7. The van der Waals surface area contributed by atoms with E-state index in [1.54, 1.807) is 0 Å². The molecular formula is C14H26N2O2. The summed E-state index contributed by atoms with van der Waals surface area (Å²) in [6, 6.07) is 0.152. The standard InChI is InChI=1S/C14H26N2O2/c1-2-13(18-11-5-3-4-6-11)14(17)16-12(9-15)10-7-8-10/h10-13H,2-9,15H2,1H3,(H,16,17). The molecule has 0 heterocycles. The van der Waals surface area contributed by atoms with Gasteiger partial charge in [-0.3, -0.25) is 4.79 Å². The van der Waals surface area contributed by atoms with E-state index in [9.17, 15) is 4.79 Å². The molecule has 0 aromatic carbocycles. The minimum atomic E-state index is -0.291. The summed E-state index contributed by atoms with van der Waals surface area (Å²) in [7, 11) is 0. The highest BCUT2D eigenvalue weighted by atomic mass is 16.5. The third-order valence-corrected chi connectivity index (χ3v) is 4.09. The van der Waals surface area contributed by atoms with Crippen LogP contribution in [0.15, 0.2) is 0 Å². The van der Waals surface area contributed by atoms with Gasteiger partial charge in [0.05, 0.1) is 6.10 Å². The number of carbonyl (C=O) groups is 1. The van der Waals surface area contributed by atoms with Gasteiger partial charge in [-0.15, -0.1) is 0 Å². The normalized spacial score (nSPS) is 23.9. The summed E-state index contributed by atoms with van der Waals surface area (Å²) in [6.45, 7) is 2.55. The highest BCUT2D eigenvalue weighted by molar-refractivity contribution is 5.81. The van der Waals surface area contributed by atoms with Gasteiger partial charge in [0.15, 0.2) is 0 Å². The number of nitrogens with one attached hydrogen (secondary N) is 1. The summed E-state index contributed by atoms with van der Waals surface area (Å²) in [6.07, 6.45) is 7.81. The third kappa shape index (κ3) is 3.69. The Bertz CT molecular complexity index is 273. The molecule has 2 aliphatic carbocycles. The lowest BCUT2D eigenvalue weighted by atomic mass is 10.1. The van der Waals surface area contributed by atoms with Crippen molar-refractivity contribution >= 4 is 5.91 Å². The fraction of sp³-hybridized carbons (Fsp3) is 0.929. The van der Waals surface area contributed by atoms with Gasteiger partial charge in [0.1, 0.15) is 6.10 Å². The molecule has 2 fully saturated rings. The van der Waals surface area contributed by atoms with E-state index in [0.29, 0.717) is 12.5 Å². The Morgan fingerprint density at radius 2 is 2.00 bits per heavy atom. The number of hydrogen-bond acceptors (Lipinski definition) is 3. The van der Waals surface area contributed by atoms with Crippen molar-refractivity contribution in [2.45, 2.75) is 70.1 Å². The first kappa shape index (κ1) is 13.8. The summed E-state index contributed by atoms with van der Waals surface area (Å²) in [5.41, 5.74) is 5.71. The van der Waals surface area contributed by atoms with Gasteiger partial charge in [-0.05, 0) is 38.0 Å². The highest BCUT2D eigenvalue weighted by Crippen LogP contribution is 2.32. The molecule has 2 aliphatic rings. The average Bonchev–Trinajstić information content (AvgIpc) is 3.09. The lowest BCUT2D eigenvalue weighted by molar-refractivity contribution is -0.137. The monoisotopic (exact) mass is 254 g/mol. The van der Waals surface area contributed by atoms with Gasteiger partial charge in [0.2, 0.25) is 5.91 Å². The number of carbonyl (C=O) groups excluding carboxylic acids is 1. The third-order valence-electron chi connectivity index (χ3n) is 4.09. The molecule has 0 saturated heterocycles. The van der Waals surface area contributed by atoms with E-state index < -0.39 is 0 Å². The fourth-order valence-electron chi connectivity index (χ4n) is 2.74. The van der Waals surface area contributed by atoms with Crippen molar-refractivity contribution in [1.82, 2.24) is 5.32 Å². The van der Waals surface area contributed by atoms with Gasteiger partial charge in [0.25, 0.3) is 0 Å². The molecule has 104 valence electrons. The maximum Gasteiger partial charge on any atom is 0.249 e. The Kier molecular flexibility index (Phi) is 5.01. The molecule has 4 heteroatoms. The molecule has 2 atom stereocenters. The number of hydrogen-bond donors (Lipinski definition) is 2. The first-order valence-electron chi connectivity index (χ1n) is 7.40. The molecule has 0 radical (unpaired) electrons. The Balaban J connectivity index is 1.79. The molecule has 4 nitrogen and oxygen atoms in total. The van der Waals surface area contributed by atoms with E-state index in [0.717, 1.165) is 19.3 Å². The number of nitrogens with two attached hydrogens (primary N) is 1. The first-order valence-corrected chi connectivity index (χ1v) is 7.40. The molecular weight excluding hydrogens is 228 g/mol. The number of amides is 1. The van der Waals surface area contributed by atoms with Crippen LogP contribution in [0.1, 0.15) is 51.9 Å². The van der Waals surface area contributed by atoms with Crippen LogP contribution in [-0.4, -0.2) is 30.7 Å². The second kappa shape index (κ2) is 6.53. The van der Waals surface area contributed by atoms with Crippen molar-refractivity contribution in [2.75, 3.05) is 6.54 Å². The van der Waals surface area contributed by atoms with Crippen molar-refractivity contribution in [3.63, 3.8) is 0 Å². The molecule has 18 heavy (non-hydrogen) atoms. The second-order valence-corrected chi connectivity index (χ2v) is 5.63. The second-order valence-electron chi connectivity index (χ2n) is 5.63. The summed E-state index contributed by atoms with van der Waals surface area (Å²) >= 11 is 0. The predicted octanol–water partition coefficient (Wildman–Crippen LogP) is 1.58. The average molecular weight is 254 g/mol. The van der Waals surface area contributed by atoms with E-state index in [-0.39, 0.29) is 24.2 Å². The molecule has 3 N–H and O–H groups in total. The van der Waals surface area contributed by atoms with Crippen molar-refractivity contribution in [1.29, 1.82) is 0 Å². The molecule has 0 aromatic rings. The minimum absolute atomic E-state index is 0.0340. The molecule has 2 saturated carbocycles. The zero-order valence-electron chi connectivity index (χ0n) is 11.4. The topological polar surface area (TPSA) is 64.3 Å². The fourth-order valence-corrected chi connectivity index (χ4v) is 2.74. The van der Waals surface area contributed by atoms with Gasteiger partial charge in [-0.25, -0.2) is 0 Å². The van der Waals surface area contributed by atoms with Crippen molar-refractivity contribution < 1.29 is 9.53 Å². The Hall–Kier alpha value is -0.610. The zero-order valence-corrected chi connectivity index (χ0v) is 11.4. The van der Waals surface area contributed by atoms with Crippen molar-refractivity contribution in [3.8, 4) is 0 Å². The predicted molar refractivity (Wildman–Crippen MR) is 71.1 cm³/mol. The smallest absolute Gasteiger partial charge is 0.249 e. The van der Waals surface area contributed by atoms with Crippen LogP contribution < -0.4 is 11.1 Å². The molecule has 0 bridgehead atoms. The van der Waals surface area contributed by atoms with E-state index in [1.807, 2.05) is 6.92 Å². The van der Waals surface area contributed by atoms with Crippen LogP contribution in [0.2, 0.25) is 0 Å². The van der Waals surface area contributed by atoms with Gasteiger partial charge in [-0.1, -0.05) is 19.8 Å². The largest absolute Gasteiger partial charge is 0.365 e. The van der Waals surface area contributed by atoms with Crippen LogP contribution in [0, 0.1) is 5.92 Å². The Morgan fingerprint density at radius 3 is 2.50 bits per heavy atom. The van der Waals surface area contributed by atoms with E-state index >= 15 is 0 Å². The van der Waals surface area contributed by atoms with Gasteiger partial charge in [0, 0.05) is 12.6 Å². The first-order chi connectivity index (χ1) is 8.74. The molecule has 0 spiro atoms. The van der Waals surface area contributed by atoms with Crippen LogP contribution in [0.4, 0.5) is 0 Å². The van der Waals surface area contributed by atoms with E-state index in [1.165, 1.54) is 25.7 Å². The quantitative estimate of drug-likeness (QED) is 0.725. The highest BCUT2D eigenvalue weighted by Gasteiger charge is 2.33. The van der Waals surface area contributed by atoms with Gasteiger partial charge >= 0.3 is 0 Å². The molecule has 0 aliphatic heterocycles. The maximum atomic E-state index is 12.2. The van der Waals surface area contributed by atoms with E-state index in [2.05, 4.69) is 5.32 Å². The van der Waals surface area contributed by atoms with Crippen LogP contribution in [0.25, 0.3) is 0 Å². The summed E-state index contributed by atoms with van der Waals surface area (Å²) in [5.74, 6) is 0.634. The Morgan fingerprint density at radius 1 is 1.33 bits per heavy atom. The summed E-state index contributed by atoms with van der Waals surface area (Å²) < 4.78 is 5.92. The van der Waals surface area contributed by atoms with E-state index in [4.69, 9.17) is 10.5 Å². The van der Waals surface area contributed by atoms with Gasteiger partial charge in [-0.2, -0.15) is 0 Å².